The number of hydrogen-bond donors (Lipinski definition) is 1. The standard InChI is InChI=1S/C17H15BrClNO3/c1-10-6-14(7-11(2)16(10)18)20-15(21)9-23-17(22)12-4-3-5-13(19)8-12/h3-8H,9H2,1-2H3,(H,20,21). The molecule has 0 aliphatic heterocycles. The van der Waals surface area contributed by atoms with E-state index in [9.17, 15) is 9.59 Å². The Kier molecular flexibility index (Phi) is 5.80. The van der Waals surface area contributed by atoms with Gasteiger partial charge >= 0.3 is 5.97 Å². The second-order valence-corrected chi connectivity index (χ2v) is 6.29. The van der Waals surface area contributed by atoms with Crippen molar-refractivity contribution in [1.82, 2.24) is 0 Å². The van der Waals surface area contributed by atoms with Crippen LogP contribution in [0.3, 0.4) is 0 Å². The molecule has 0 bridgehead atoms. The van der Waals surface area contributed by atoms with Gasteiger partial charge in [0.05, 0.1) is 5.56 Å². The molecule has 0 heterocycles. The van der Waals surface area contributed by atoms with Gasteiger partial charge in [0.25, 0.3) is 5.91 Å². The van der Waals surface area contributed by atoms with Gasteiger partial charge in [-0.05, 0) is 55.3 Å². The van der Waals surface area contributed by atoms with E-state index in [2.05, 4.69) is 21.2 Å². The Bertz CT molecular complexity index is 738. The van der Waals surface area contributed by atoms with Crippen LogP contribution in [0.2, 0.25) is 5.02 Å². The third-order valence-electron chi connectivity index (χ3n) is 3.11. The fourth-order valence-corrected chi connectivity index (χ4v) is 2.46. The van der Waals surface area contributed by atoms with Crippen molar-refractivity contribution < 1.29 is 14.3 Å². The van der Waals surface area contributed by atoms with Crippen LogP contribution in [-0.4, -0.2) is 18.5 Å². The molecule has 1 amide bonds. The summed E-state index contributed by atoms with van der Waals surface area (Å²) in [6.07, 6.45) is 0. The zero-order valence-electron chi connectivity index (χ0n) is 12.7. The van der Waals surface area contributed by atoms with Crippen molar-refractivity contribution in [3.63, 3.8) is 0 Å². The number of ether oxygens (including phenoxy) is 1. The first-order valence-corrected chi connectivity index (χ1v) is 8.03. The molecule has 0 fully saturated rings. The van der Waals surface area contributed by atoms with Gasteiger partial charge in [0.2, 0.25) is 0 Å². The summed E-state index contributed by atoms with van der Waals surface area (Å²) in [7, 11) is 0. The highest BCUT2D eigenvalue weighted by Gasteiger charge is 2.11. The number of amides is 1. The highest BCUT2D eigenvalue weighted by atomic mass is 79.9. The molecule has 4 nitrogen and oxygen atoms in total. The van der Waals surface area contributed by atoms with Crippen LogP contribution >= 0.6 is 27.5 Å². The second kappa shape index (κ2) is 7.62. The average molecular weight is 397 g/mol. The molecule has 2 aromatic carbocycles. The maximum absolute atomic E-state index is 11.9. The quantitative estimate of drug-likeness (QED) is 0.773. The van der Waals surface area contributed by atoms with Crippen LogP contribution < -0.4 is 5.32 Å². The molecule has 0 saturated carbocycles. The lowest BCUT2D eigenvalue weighted by molar-refractivity contribution is -0.119. The second-order valence-electron chi connectivity index (χ2n) is 5.06. The summed E-state index contributed by atoms with van der Waals surface area (Å²) < 4.78 is 5.99. The van der Waals surface area contributed by atoms with E-state index >= 15 is 0 Å². The fraction of sp³-hybridized carbons (Fsp3) is 0.176. The van der Waals surface area contributed by atoms with Gasteiger partial charge in [0, 0.05) is 15.2 Å². The molecule has 0 unspecified atom stereocenters. The summed E-state index contributed by atoms with van der Waals surface area (Å²) in [5, 5.41) is 3.14. The molecule has 0 aromatic heterocycles. The third-order valence-corrected chi connectivity index (χ3v) is 4.60. The average Bonchev–Trinajstić information content (AvgIpc) is 2.50. The molecule has 0 aliphatic rings. The third kappa shape index (κ3) is 4.81. The van der Waals surface area contributed by atoms with Gasteiger partial charge < -0.3 is 10.1 Å². The highest BCUT2D eigenvalue weighted by Crippen LogP contribution is 2.24. The molecule has 0 spiro atoms. The number of benzene rings is 2. The Morgan fingerprint density at radius 1 is 1.17 bits per heavy atom. The molecule has 2 rings (SSSR count). The number of anilines is 1. The van der Waals surface area contributed by atoms with Crippen LogP contribution in [0.15, 0.2) is 40.9 Å². The lowest BCUT2D eigenvalue weighted by Gasteiger charge is -2.10. The maximum atomic E-state index is 11.9. The van der Waals surface area contributed by atoms with Crippen LogP contribution in [0.25, 0.3) is 0 Å². The number of rotatable bonds is 4. The molecular formula is C17H15BrClNO3. The topological polar surface area (TPSA) is 55.4 Å². The number of halogens is 2. The molecule has 0 aliphatic carbocycles. The largest absolute Gasteiger partial charge is 0.452 e. The normalized spacial score (nSPS) is 10.3. The molecule has 0 radical (unpaired) electrons. The Labute approximate surface area is 147 Å². The van der Waals surface area contributed by atoms with Gasteiger partial charge in [-0.15, -0.1) is 0 Å². The number of hydrogen-bond acceptors (Lipinski definition) is 3. The minimum atomic E-state index is -0.592. The minimum Gasteiger partial charge on any atom is -0.452 e. The molecule has 2 aromatic rings. The van der Waals surface area contributed by atoms with Crippen LogP contribution in [-0.2, 0) is 9.53 Å². The van der Waals surface area contributed by atoms with Crippen molar-refractivity contribution in [2.75, 3.05) is 11.9 Å². The lowest BCUT2D eigenvalue weighted by atomic mass is 10.1. The zero-order chi connectivity index (χ0) is 17.0. The first-order valence-electron chi connectivity index (χ1n) is 6.86. The summed E-state index contributed by atoms with van der Waals surface area (Å²) in [4.78, 5) is 23.7. The van der Waals surface area contributed by atoms with Crippen molar-refractivity contribution >= 4 is 45.1 Å². The van der Waals surface area contributed by atoms with E-state index in [1.807, 2.05) is 26.0 Å². The number of esters is 1. The van der Waals surface area contributed by atoms with Gasteiger partial charge in [-0.3, -0.25) is 4.79 Å². The molecule has 0 saturated heterocycles. The van der Waals surface area contributed by atoms with Crippen molar-refractivity contribution in [3.8, 4) is 0 Å². The van der Waals surface area contributed by atoms with Gasteiger partial charge in [-0.25, -0.2) is 4.79 Å². The highest BCUT2D eigenvalue weighted by molar-refractivity contribution is 9.10. The van der Waals surface area contributed by atoms with Crippen molar-refractivity contribution in [3.05, 3.63) is 62.6 Å². The van der Waals surface area contributed by atoms with Crippen LogP contribution in [0.1, 0.15) is 21.5 Å². The Balaban J connectivity index is 1.94. The minimum absolute atomic E-state index is 0.306. The zero-order valence-corrected chi connectivity index (χ0v) is 15.0. The van der Waals surface area contributed by atoms with Gasteiger partial charge in [-0.2, -0.15) is 0 Å². The maximum Gasteiger partial charge on any atom is 0.338 e. The van der Waals surface area contributed by atoms with E-state index in [4.69, 9.17) is 16.3 Å². The summed E-state index contributed by atoms with van der Waals surface area (Å²) >= 11 is 9.28. The molecule has 6 heteroatoms. The van der Waals surface area contributed by atoms with Gasteiger partial charge in [0.1, 0.15) is 0 Å². The summed E-state index contributed by atoms with van der Waals surface area (Å²) in [5.74, 6) is -0.993. The van der Waals surface area contributed by atoms with Crippen molar-refractivity contribution in [2.45, 2.75) is 13.8 Å². The van der Waals surface area contributed by atoms with Crippen molar-refractivity contribution in [1.29, 1.82) is 0 Å². The fourth-order valence-electron chi connectivity index (χ4n) is 2.05. The summed E-state index contributed by atoms with van der Waals surface area (Å²) in [6.45, 7) is 3.51. The van der Waals surface area contributed by atoms with Crippen LogP contribution in [0, 0.1) is 13.8 Å². The lowest BCUT2D eigenvalue weighted by Crippen LogP contribution is -2.21. The molecular weight excluding hydrogens is 382 g/mol. The SMILES string of the molecule is Cc1cc(NC(=O)COC(=O)c2cccc(Cl)c2)cc(C)c1Br. The summed E-state index contributed by atoms with van der Waals surface area (Å²) in [6, 6.07) is 10.0. The Morgan fingerprint density at radius 2 is 1.83 bits per heavy atom. The summed E-state index contributed by atoms with van der Waals surface area (Å²) in [5.41, 5.74) is 2.99. The first kappa shape index (κ1) is 17.5. The van der Waals surface area contributed by atoms with E-state index in [1.165, 1.54) is 6.07 Å². The number of carbonyl (C=O) groups is 2. The van der Waals surface area contributed by atoms with Crippen molar-refractivity contribution in [2.24, 2.45) is 0 Å². The van der Waals surface area contributed by atoms with E-state index in [1.54, 1.807) is 18.2 Å². The number of carbonyl (C=O) groups excluding carboxylic acids is 2. The predicted molar refractivity (Wildman–Crippen MR) is 94.0 cm³/mol. The van der Waals surface area contributed by atoms with Gasteiger partial charge in [-0.1, -0.05) is 33.6 Å². The Morgan fingerprint density at radius 3 is 2.43 bits per heavy atom. The number of nitrogens with one attached hydrogen (secondary N) is 1. The first-order chi connectivity index (χ1) is 10.9. The Hall–Kier alpha value is -1.85. The number of aryl methyl sites for hydroxylation is 2. The molecule has 0 atom stereocenters. The van der Waals surface area contributed by atoms with E-state index in [0.29, 0.717) is 16.3 Å². The molecule has 23 heavy (non-hydrogen) atoms. The van der Waals surface area contributed by atoms with E-state index in [-0.39, 0.29) is 6.61 Å². The monoisotopic (exact) mass is 395 g/mol. The van der Waals surface area contributed by atoms with E-state index in [0.717, 1.165) is 15.6 Å². The van der Waals surface area contributed by atoms with Gasteiger partial charge in [0.15, 0.2) is 6.61 Å². The van der Waals surface area contributed by atoms with Crippen LogP contribution in [0.5, 0.6) is 0 Å². The predicted octanol–water partition coefficient (Wildman–Crippen LogP) is 4.51. The smallest absolute Gasteiger partial charge is 0.338 e. The van der Waals surface area contributed by atoms with E-state index < -0.39 is 11.9 Å². The molecule has 120 valence electrons. The molecule has 1 N–H and O–H groups in total. The van der Waals surface area contributed by atoms with Crippen LogP contribution in [0.4, 0.5) is 5.69 Å².